The van der Waals surface area contributed by atoms with Gasteiger partial charge in [-0.15, -0.1) is 0 Å². The minimum absolute atomic E-state index is 0.139. The molecule has 0 spiro atoms. The molecule has 0 heterocycles. The van der Waals surface area contributed by atoms with Crippen molar-refractivity contribution >= 4 is 21.4 Å². The number of hydrogen-bond donors (Lipinski definition) is 1. The molecular formula is C14H22ClNO3S. The normalized spacial score (nSPS) is 11.8. The van der Waals surface area contributed by atoms with Crippen LogP contribution in [0.1, 0.15) is 25.8 Å². The van der Waals surface area contributed by atoms with Crippen LogP contribution in [-0.2, 0) is 16.4 Å². The third kappa shape index (κ3) is 7.12. The highest BCUT2D eigenvalue weighted by molar-refractivity contribution is 7.90. The van der Waals surface area contributed by atoms with Gasteiger partial charge in [-0.25, -0.2) is 8.42 Å². The Morgan fingerprint density at radius 3 is 2.65 bits per heavy atom. The lowest BCUT2D eigenvalue weighted by atomic mass is 10.2. The second-order valence-electron chi connectivity index (χ2n) is 5.12. The maximum atomic E-state index is 11.0. The van der Waals surface area contributed by atoms with Crippen molar-refractivity contribution in [1.29, 1.82) is 0 Å². The number of benzene rings is 1. The van der Waals surface area contributed by atoms with E-state index in [0.29, 0.717) is 30.6 Å². The monoisotopic (exact) mass is 319 g/mol. The molecule has 20 heavy (non-hydrogen) atoms. The summed E-state index contributed by atoms with van der Waals surface area (Å²) in [6.45, 7) is 5.18. The van der Waals surface area contributed by atoms with Crippen LogP contribution in [0.2, 0.25) is 5.02 Å². The number of ether oxygens (including phenoxy) is 1. The summed E-state index contributed by atoms with van der Waals surface area (Å²) in [5, 5.41) is 3.97. The van der Waals surface area contributed by atoms with E-state index in [1.807, 2.05) is 12.1 Å². The van der Waals surface area contributed by atoms with Crippen LogP contribution in [0, 0.1) is 0 Å². The molecule has 0 fully saturated rings. The van der Waals surface area contributed by atoms with E-state index in [1.54, 1.807) is 6.07 Å². The molecule has 6 heteroatoms. The van der Waals surface area contributed by atoms with Gasteiger partial charge in [-0.3, -0.25) is 0 Å². The molecule has 114 valence electrons. The van der Waals surface area contributed by atoms with E-state index in [4.69, 9.17) is 16.3 Å². The fraction of sp³-hybridized carbons (Fsp3) is 0.571. The first-order chi connectivity index (χ1) is 9.28. The van der Waals surface area contributed by atoms with Crippen molar-refractivity contribution in [2.45, 2.75) is 32.9 Å². The molecule has 0 aliphatic carbocycles. The lowest BCUT2D eigenvalue weighted by molar-refractivity contribution is 0.313. The van der Waals surface area contributed by atoms with Gasteiger partial charge in [0, 0.05) is 29.4 Å². The summed E-state index contributed by atoms with van der Waals surface area (Å²) in [7, 11) is -2.93. The van der Waals surface area contributed by atoms with Crippen LogP contribution in [0.25, 0.3) is 0 Å². The van der Waals surface area contributed by atoms with Gasteiger partial charge in [0.05, 0.1) is 12.4 Å². The van der Waals surface area contributed by atoms with Crippen LogP contribution in [-0.4, -0.2) is 33.1 Å². The Morgan fingerprint density at radius 2 is 2.05 bits per heavy atom. The standard InChI is InChI=1S/C14H22ClNO3S/c1-11(2)16-10-12-9-13(15)5-6-14(12)19-7-4-8-20(3,17)18/h5-6,9,11,16H,4,7-8,10H2,1-3H3. The molecule has 1 aromatic carbocycles. The largest absolute Gasteiger partial charge is 0.493 e. The average molecular weight is 320 g/mol. The highest BCUT2D eigenvalue weighted by Gasteiger charge is 2.07. The Hall–Kier alpha value is -0.780. The van der Waals surface area contributed by atoms with E-state index < -0.39 is 9.84 Å². The predicted molar refractivity (Wildman–Crippen MR) is 83.3 cm³/mol. The molecule has 0 saturated carbocycles. The smallest absolute Gasteiger partial charge is 0.147 e. The topological polar surface area (TPSA) is 55.4 Å². The van der Waals surface area contributed by atoms with Crippen LogP contribution >= 0.6 is 11.6 Å². The van der Waals surface area contributed by atoms with E-state index in [2.05, 4.69) is 19.2 Å². The second-order valence-corrected chi connectivity index (χ2v) is 7.82. The van der Waals surface area contributed by atoms with Gasteiger partial charge in [0.1, 0.15) is 15.6 Å². The van der Waals surface area contributed by atoms with Crippen molar-refractivity contribution in [3.8, 4) is 5.75 Å². The first-order valence-electron chi connectivity index (χ1n) is 6.60. The van der Waals surface area contributed by atoms with Crippen molar-refractivity contribution in [3.05, 3.63) is 28.8 Å². The van der Waals surface area contributed by atoms with E-state index in [0.717, 1.165) is 11.3 Å². The molecular weight excluding hydrogens is 298 g/mol. The van der Waals surface area contributed by atoms with Crippen molar-refractivity contribution < 1.29 is 13.2 Å². The zero-order valence-electron chi connectivity index (χ0n) is 12.1. The lowest BCUT2D eigenvalue weighted by Gasteiger charge is -2.14. The lowest BCUT2D eigenvalue weighted by Crippen LogP contribution is -2.22. The summed E-state index contributed by atoms with van der Waals surface area (Å²) in [4.78, 5) is 0. The number of halogens is 1. The van der Waals surface area contributed by atoms with Gasteiger partial charge in [0.15, 0.2) is 0 Å². The van der Waals surface area contributed by atoms with Crippen LogP contribution in [0.5, 0.6) is 5.75 Å². The van der Waals surface area contributed by atoms with Gasteiger partial charge >= 0.3 is 0 Å². The summed E-state index contributed by atoms with van der Waals surface area (Å²) in [6, 6.07) is 5.82. The van der Waals surface area contributed by atoms with Crippen molar-refractivity contribution in [2.24, 2.45) is 0 Å². The molecule has 0 bridgehead atoms. The first-order valence-corrected chi connectivity index (χ1v) is 9.04. The van der Waals surface area contributed by atoms with Crippen LogP contribution < -0.4 is 10.1 Å². The van der Waals surface area contributed by atoms with Crippen molar-refractivity contribution in [3.63, 3.8) is 0 Å². The number of hydrogen-bond acceptors (Lipinski definition) is 4. The molecule has 0 aliphatic rings. The third-order valence-electron chi connectivity index (χ3n) is 2.64. The molecule has 0 unspecified atom stereocenters. The summed E-state index contributed by atoms with van der Waals surface area (Å²) in [6.07, 6.45) is 1.71. The quantitative estimate of drug-likeness (QED) is 0.748. The highest BCUT2D eigenvalue weighted by Crippen LogP contribution is 2.23. The fourth-order valence-corrected chi connectivity index (χ4v) is 2.48. The second kappa shape index (κ2) is 7.86. The van der Waals surface area contributed by atoms with E-state index >= 15 is 0 Å². The SMILES string of the molecule is CC(C)NCc1cc(Cl)ccc1OCCCS(C)(=O)=O. The maximum Gasteiger partial charge on any atom is 0.147 e. The predicted octanol–water partition coefficient (Wildman–Crippen LogP) is 2.65. The summed E-state index contributed by atoms with van der Waals surface area (Å²) in [5.41, 5.74) is 0.977. The zero-order chi connectivity index (χ0) is 15.2. The Labute approximate surface area is 126 Å². The van der Waals surface area contributed by atoms with Crippen molar-refractivity contribution in [2.75, 3.05) is 18.6 Å². The van der Waals surface area contributed by atoms with Gasteiger partial charge in [-0.05, 0) is 24.6 Å². The molecule has 4 nitrogen and oxygen atoms in total. The van der Waals surface area contributed by atoms with E-state index in [9.17, 15) is 8.42 Å². The molecule has 0 aliphatic heterocycles. The van der Waals surface area contributed by atoms with Crippen LogP contribution in [0.15, 0.2) is 18.2 Å². The van der Waals surface area contributed by atoms with Gasteiger partial charge < -0.3 is 10.1 Å². The number of nitrogens with one attached hydrogen (secondary N) is 1. The third-order valence-corrected chi connectivity index (χ3v) is 3.91. The maximum absolute atomic E-state index is 11.0. The molecule has 0 atom stereocenters. The molecule has 1 rings (SSSR count). The highest BCUT2D eigenvalue weighted by atomic mass is 35.5. The Bertz CT molecular complexity index is 529. The number of rotatable bonds is 8. The molecule has 0 amide bonds. The molecule has 1 N–H and O–H groups in total. The van der Waals surface area contributed by atoms with E-state index in [1.165, 1.54) is 6.26 Å². The molecule has 0 aromatic heterocycles. The van der Waals surface area contributed by atoms with Gasteiger partial charge in [0.25, 0.3) is 0 Å². The summed E-state index contributed by atoms with van der Waals surface area (Å²) >= 11 is 5.99. The van der Waals surface area contributed by atoms with Crippen LogP contribution in [0.3, 0.4) is 0 Å². The summed E-state index contributed by atoms with van der Waals surface area (Å²) < 4.78 is 27.8. The Balaban J connectivity index is 2.59. The Kier molecular flexibility index (Phi) is 6.79. The van der Waals surface area contributed by atoms with Gasteiger partial charge in [-0.2, -0.15) is 0 Å². The molecule has 1 aromatic rings. The van der Waals surface area contributed by atoms with Gasteiger partial charge in [-0.1, -0.05) is 25.4 Å². The molecule has 0 radical (unpaired) electrons. The minimum Gasteiger partial charge on any atom is -0.493 e. The summed E-state index contributed by atoms with van der Waals surface area (Å²) in [5.74, 6) is 0.885. The van der Waals surface area contributed by atoms with Gasteiger partial charge in [0.2, 0.25) is 0 Å². The minimum atomic E-state index is -2.93. The van der Waals surface area contributed by atoms with E-state index in [-0.39, 0.29) is 5.75 Å². The zero-order valence-corrected chi connectivity index (χ0v) is 13.7. The number of sulfone groups is 1. The Morgan fingerprint density at radius 1 is 1.35 bits per heavy atom. The average Bonchev–Trinajstić information content (AvgIpc) is 2.32. The fourth-order valence-electron chi connectivity index (χ4n) is 1.64. The molecule has 0 saturated heterocycles. The first kappa shape index (κ1) is 17.3. The van der Waals surface area contributed by atoms with Crippen LogP contribution in [0.4, 0.5) is 0 Å². The van der Waals surface area contributed by atoms with Crippen molar-refractivity contribution in [1.82, 2.24) is 5.32 Å².